The maximum Gasteiger partial charge on any atom is 0.228 e. The van der Waals surface area contributed by atoms with Gasteiger partial charge in [-0.25, -0.2) is 4.98 Å². The number of amides is 1. The van der Waals surface area contributed by atoms with Crippen LogP contribution in [0, 0.1) is 0 Å². The summed E-state index contributed by atoms with van der Waals surface area (Å²) in [4.78, 5) is 16.5. The molecular formula is C21H16ClN3O. The number of nitrogens with zero attached hydrogens (tertiary/aromatic N) is 2. The Balaban J connectivity index is 1.52. The van der Waals surface area contributed by atoms with Crippen molar-refractivity contribution in [3.63, 3.8) is 0 Å². The number of carbonyl (C=O) groups is 1. The van der Waals surface area contributed by atoms with Crippen molar-refractivity contribution in [2.45, 2.75) is 6.42 Å². The van der Waals surface area contributed by atoms with Gasteiger partial charge in [-0.05, 0) is 34.5 Å². The molecule has 0 aliphatic carbocycles. The third kappa shape index (κ3) is 3.32. The number of nitrogens with one attached hydrogen (secondary N) is 1. The van der Waals surface area contributed by atoms with Crippen LogP contribution in [0.4, 0.5) is 5.69 Å². The molecule has 0 radical (unpaired) electrons. The van der Waals surface area contributed by atoms with Crippen molar-refractivity contribution in [2.24, 2.45) is 0 Å². The Bertz CT molecular complexity index is 1070. The summed E-state index contributed by atoms with van der Waals surface area (Å²) in [7, 11) is 0. The molecule has 4 nitrogen and oxygen atoms in total. The minimum absolute atomic E-state index is 0.0761. The molecule has 0 saturated heterocycles. The standard InChI is InChI=1S/C21H16ClN3O/c22-19-13-17(8-9-20(19)25-11-10-23-14-25)24-21(26)12-16-6-3-5-15-4-1-2-7-18(15)16/h1-11,13-14H,12H2,(H,24,26). The first-order valence-corrected chi connectivity index (χ1v) is 8.63. The monoisotopic (exact) mass is 361 g/mol. The number of rotatable bonds is 4. The second kappa shape index (κ2) is 7.02. The van der Waals surface area contributed by atoms with E-state index in [2.05, 4.69) is 10.3 Å². The van der Waals surface area contributed by atoms with E-state index in [1.165, 1.54) is 0 Å². The summed E-state index contributed by atoms with van der Waals surface area (Å²) in [5.41, 5.74) is 2.49. The van der Waals surface area contributed by atoms with E-state index < -0.39 is 0 Å². The van der Waals surface area contributed by atoms with Crippen molar-refractivity contribution >= 4 is 34.0 Å². The van der Waals surface area contributed by atoms with Crippen LogP contribution in [-0.4, -0.2) is 15.5 Å². The van der Waals surface area contributed by atoms with Crippen LogP contribution in [0.2, 0.25) is 5.02 Å². The van der Waals surface area contributed by atoms with Gasteiger partial charge in [0.05, 0.1) is 23.5 Å². The summed E-state index contributed by atoms with van der Waals surface area (Å²) in [6.07, 6.45) is 5.50. The van der Waals surface area contributed by atoms with E-state index in [1.54, 1.807) is 18.6 Å². The summed E-state index contributed by atoms with van der Waals surface area (Å²) >= 11 is 6.34. The topological polar surface area (TPSA) is 46.9 Å². The van der Waals surface area contributed by atoms with Crippen LogP contribution in [0.3, 0.4) is 0 Å². The van der Waals surface area contributed by atoms with Gasteiger partial charge >= 0.3 is 0 Å². The summed E-state index contributed by atoms with van der Waals surface area (Å²) in [6, 6.07) is 19.5. The van der Waals surface area contributed by atoms with Crippen molar-refractivity contribution in [2.75, 3.05) is 5.32 Å². The fourth-order valence-corrected chi connectivity index (χ4v) is 3.30. The molecule has 0 unspecified atom stereocenters. The Kier molecular flexibility index (Phi) is 4.42. The molecule has 4 aromatic rings. The fourth-order valence-electron chi connectivity index (χ4n) is 3.02. The highest BCUT2D eigenvalue weighted by molar-refractivity contribution is 6.32. The van der Waals surface area contributed by atoms with E-state index in [9.17, 15) is 4.79 Å². The molecule has 3 aromatic carbocycles. The van der Waals surface area contributed by atoms with E-state index in [0.29, 0.717) is 17.1 Å². The number of imidazole rings is 1. The first-order chi connectivity index (χ1) is 12.7. The SMILES string of the molecule is O=C(Cc1cccc2ccccc12)Nc1ccc(-n2ccnc2)c(Cl)c1. The highest BCUT2D eigenvalue weighted by Crippen LogP contribution is 2.25. The highest BCUT2D eigenvalue weighted by atomic mass is 35.5. The van der Waals surface area contributed by atoms with Crippen LogP contribution in [-0.2, 0) is 11.2 Å². The third-order valence-electron chi connectivity index (χ3n) is 4.24. The average molecular weight is 362 g/mol. The molecule has 0 bridgehead atoms. The summed E-state index contributed by atoms with van der Waals surface area (Å²) in [5.74, 6) is -0.0761. The van der Waals surface area contributed by atoms with Crippen molar-refractivity contribution in [1.29, 1.82) is 0 Å². The molecule has 1 heterocycles. The van der Waals surface area contributed by atoms with Crippen LogP contribution < -0.4 is 5.32 Å². The van der Waals surface area contributed by atoms with E-state index >= 15 is 0 Å². The second-order valence-corrected chi connectivity index (χ2v) is 6.41. The maximum atomic E-state index is 12.5. The van der Waals surface area contributed by atoms with E-state index in [1.807, 2.05) is 65.4 Å². The quantitative estimate of drug-likeness (QED) is 0.564. The molecule has 26 heavy (non-hydrogen) atoms. The van der Waals surface area contributed by atoms with Crippen LogP contribution in [0.15, 0.2) is 79.4 Å². The average Bonchev–Trinajstić information content (AvgIpc) is 3.16. The van der Waals surface area contributed by atoms with E-state index in [0.717, 1.165) is 22.0 Å². The third-order valence-corrected chi connectivity index (χ3v) is 4.55. The highest BCUT2D eigenvalue weighted by Gasteiger charge is 2.09. The Morgan fingerprint density at radius 3 is 2.73 bits per heavy atom. The van der Waals surface area contributed by atoms with Gasteiger partial charge in [0, 0.05) is 18.1 Å². The van der Waals surface area contributed by atoms with Gasteiger partial charge in [0.2, 0.25) is 5.91 Å². The first-order valence-electron chi connectivity index (χ1n) is 8.25. The normalized spacial score (nSPS) is 10.8. The first kappa shape index (κ1) is 16.4. The molecule has 0 aliphatic rings. The van der Waals surface area contributed by atoms with E-state index in [4.69, 9.17) is 11.6 Å². The van der Waals surface area contributed by atoms with Crippen LogP contribution >= 0.6 is 11.6 Å². The van der Waals surface area contributed by atoms with Crippen LogP contribution in [0.1, 0.15) is 5.56 Å². The van der Waals surface area contributed by atoms with Crippen LogP contribution in [0.25, 0.3) is 16.5 Å². The van der Waals surface area contributed by atoms with Gasteiger partial charge in [0.25, 0.3) is 0 Å². The van der Waals surface area contributed by atoms with E-state index in [-0.39, 0.29) is 5.91 Å². The van der Waals surface area contributed by atoms with Gasteiger partial charge < -0.3 is 9.88 Å². The molecular weight excluding hydrogens is 346 g/mol. The smallest absolute Gasteiger partial charge is 0.228 e. The second-order valence-electron chi connectivity index (χ2n) is 6.00. The minimum Gasteiger partial charge on any atom is -0.326 e. The molecule has 4 rings (SSSR count). The number of anilines is 1. The van der Waals surface area contributed by atoms with Crippen molar-refractivity contribution < 1.29 is 4.79 Å². The lowest BCUT2D eigenvalue weighted by Gasteiger charge is -2.10. The van der Waals surface area contributed by atoms with Gasteiger partial charge in [-0.3, -0.25) is 4.79 Å². The van der Waals surface area contributed by atoms with Gasteiger partial charge in [0.1, 0.15) is 0 Å². The van der Waals surface area contributed by atoms with Crippen LogP contribution in [0.5, 0.6) is 0 Å². The maximum absolute atomic E-state index is 12.5. The number of benzene rings is 3. The number of hydrogen-bond acceptors (Lipinski definition) is 2. The lowest BCUT2D eigenvalue weighted by atomic mass is 10.0. The number of fused-ring (bicyclic) bond motifs is 1. The van der Waals surface area contributed by atoms with Gasteiger partial charge in [-0.1, -0.05) is 54.1 Å². The lowest BCUT2D eigenvalue weighted by molar-refractivity contribution is -0.115. The molecule has 1 aromatic heterocycles. The molecule has 0 saturated carbocycles. The predicted octanol–water partition coefficient (Wildman–Crippen LogP) is 4.86. The Morgan fingerprint density at radius 2 is 1.92 bits per heavy atom. The molecule has 0 aliphatic heterocycles. The molecule has 0 spiro atoms. The zero-order valence-electron chi connectivity index (χ0n) is 13.9. The minimum atomic E-state index is -0.0761. The molecule has 1 amide bonds. The molecule has 5 heteroatoms. The lowest BCUT2D eigenvalue weighted by Crippen LogP contribution is -2.14. The Hall–Kier alpha value is -3.11. The molecule has 1 N–H and O–H groups in total. The number of halogens is 1. The largest absolute Gasteiger partial charge is 0.326 e. The number of aromatic nitrogens is 2. The molecule has 128 valence electrons. The Labute approximate surface area is 156 Å². The van der Waals surface area contributed by atoms with Crippen molar-refractivity contribution in [1.82, 2.24) is 9.55 Å². The van der Waals surface area contributed by atoms with Gasteiger partial charge in [-0.2, -0.15) is 0 Å². The fraction of sp³-hybridized carbons (Fsp3) is 0.0476. The number of carbonyl (C=O) groups excluding carboxylic acids is 1. The zero-order valence-corrected chi connectivity index (χ0v) is 14.6. The van der Waals surface area contributed by atoms with Crippen molar-refractivity contribution in [3.05, 3.63) is 90.0 Å². The zero-order chi connectivity index (χ0) is 17.9. The summed E-state index contributed by atoms with van der Waals surface area (Å²) in [5, 5.41) is 5.69. The van der Waals surface area contributed by atoms with Gasteiger partial charge in [-0.15, -0.1) is 0 Å². The number of hydrogen-bond donors (Lipinski definition) is 1. The van der Waals surface area contributed by atoms with Gasteiger partial charge in [0.15, 0.2) is 0 Å². The Morgan fingerprint density at radius 1 is 1.08 bits per heavy atom. The van der Waals surface area contributed by atoms with Crippen molar-refractivity contribution in [3.8, 4) is 5.69 Å². The molecule has 0 fully saturated rings. The summed E-state index contributed by atoms with van der Waals surface area (Å²) in [6.45, 7) is 0. The summed E-state index contributed by atoms with van der Waals surface area (Å²) < 4.78 is 1.82. The molecule has 0 atom stereocenters. The predicted molar refractivity (Wildman–Crippen MR) is 105 cm³/mol.